The third-order valence-electron chi connectivity index (χ3n) is 3.69. The molecule has 25 heavy (non-hydrogen) atoms. The highest BCUT2D eigenvalue weighted by Gasteiger charge is 2.21. The van der Waals surface area contributed by atoms with E-state index in [1.54, 1.807) is 0 Å². The van der Waals surface area contributed by atoms with Crippen LogP contribution in [0.2, 0.25) is 5.02 Å². The van der Waals surface area contributed by atoms with Crippen LogP contribution in [0.4, 0.5) is 4.79 Å². The fourth-order valence-corrected chi connectivity index (χ4v) is 2.49. The number of hydrogen-bond acceptors (Lipinski definition) is 3. The van der Waals surface area contributed by atoms with Gasteiger partial charge < -0.3 is 15.4 Å². The molecule has 2 rings (SSSR count). The zero-order valence-electron chi connectivity index (χ0n) is 14.0. The standard InChI is InChI=1S/C19H21ClN2O3/c1-25-18(23)17(13-15-5-3-2-4-6-15)22-19(24)21-12-11-14-7-9-16(20)10-8-14/h2-10,17H,11-13H2,1H3,(H2,21,22,24). The van der Waals surface area contributed by atoms with Gasteiger partial charge in [0.05, 0.1) is 7.11 Å². The number of urea groups is 1. The van der Waals surface area contributed by atoms with Crippen molar-refractivity contribution in [1.29, 1.82) is 0 Å². The summed E-state index contributed by atoms with van der Waals surface area (Å²) in [5.41, 5.74) is 2.01. The van der Waals surface area contributed by atoms with Crippen molar-refractivity contribution in [2.24, 2.45) is 0 Å². The van der Waals surface area contributed by atoms with Gasteiger partial charge in [-0.25, -0.2) is 9.59 Å². The summed E-state index contributed by atoms with van der Waals surface area (Å²) in [5.74, 6) is -0.475. The monoisotopic (exact) mass is 360 g/mol. The number of benzene rings is 2. The molecule has 1 atom stereocenters. The lowest BCUT2D eigenvalue weighted by Gasteiger charge is -2.17. The van der Waals surface area contributed by atoms with E-state index in [0.29, 0.717) is 24.4 Å². The first-order valence-corrected chi connectivity index (χ1v) is 8.37. The summed E-state index contributed by atoms with van der Waals surface area (Å²) in [6.45, 7) is 0.451. The summed E-state index contributed by atoms with van der Waals surface area (Å²) in [6.07, 6.45) is 1.05. The Bertz CT molecular complexity index is 690. The molecule has 2 aromatic rings. The van der Waals surface area contributed by atoms with E-state index in [1.165, 1.54) is 7.11 Å². The number of rotatable bonds is 7. The maximum atomic E-state index is 12.1. The molecule has 2 N–H and O–H groups in total. The van der Waals surface area contributed by atoms with E-state index < -0.39 is 18.0 Å². The summed E-state index contributed by atoms with van der Waals surface area (Å²) in [5, 5.41) is 6.09. The van der Waals surface area contributed by atoms with Crippen LogP contribution in [-0.4, -0.2) is 31.7 Å². The van der Waals surface area contributed by atoms with E-state index in [0.717, 1.165) is 11.1 Å². The summed E-state index contributed by atoms with van der Waals surface area (Å²) >= 11 is 5.84. The van der Waals surface area contributed by atoms with Crippen molar-refractivity contribution in [2.75, 3.05) is 13.7 Å². The lowest BCUT2D eigenvalue weighted by atomic mass is 10.1. The predicted molar refractivity (Wildman–Crippen MR) is 97.6 cm³/mol. The van der Waals surface area contributed by atoms with Crippen LogP contribution in [0.15, 0.2) is 54.6 Å². The Kier molecular flexibility index (Phi) is 7.29. The molecule has 0 radical (unpaired) electrons. The zero-order valence-corrected chi connectivity index (χ0v) is 14.8. The van der Waals surface area contributed by atoms with Gasteiger partial charge in [0.25, 0.3) is 0 Å². The van der Waals surface area contributed by atoms with Gasteiger partial charge in [-0.3, -0.25) is 0 Å². The molecule has 0 aliphatic rings. The smallest absolute Gasteiger partial charge is 0.328 e. The van der Waals surface area contributed by atoms with E-state index in [-0.39, 0.29) is 0 Å². The van der Waals surface area contributed by atoms with Crippen molar-refractivity contribution in [1.82, 2.24) is 10.6 Å². The Hall–Kier alpha value is -2.53. The Balaban J connectivity index is 1.84. The number of halogens is 1. The molecule has 132 valence electrons. The third-order valence-corrected chi connectivity index (χ3v) is 3.94. The minimum Gasteiger partial charge on any atom is -0.467 e. The average Bonchev–Trinajstić information content (AvgIpc) is 2.63. The highest BCUT2D eigenvalue weighted by Crippen LogP contribution is 2.09. The minimum absolute atomic E-state index is 0.373. The van der Waals surface area contributed by atoms with Gasteiger partial charge in [0.15, 0.2) is 0 Å². The van der Waals surface area contributed by atoms with E-state index in [1.807, 2.05) is 54.6 Å². The average molecular weight is 361 g/mol. The SMILES string of the molecule is COC(=O)C(Cc1ccccc1)NC(=O)NCCc1ccc(Cl)cc1. The van der Waals surface area contributed by atoms with Crippen LogP contribution >= 0.6 is 11.6 Å². The van der Waals surface area contributed by atoms with Gasteiger partial charge in [-0.05, 0) is 29.7 Å². The van der Waals surface area contributed by atoms with Gasteiger partial charge in [0.1, 0.15) is 6.04 Å². The second-order valence-electron chi connectivity index (χ2n) is 5.54. The zero-order chi connectivity index (χ0) is 18.1. The molecule has 0 bridgehead atoms. The van der Waals surface area contributed by atoms with E-state index in [2.05, 4.69) is 10.6 Å². The molecule has 0 spiro atoms. The van der Waals surface area contributed by atoms with Crippen LogP contribution in [0.25, 0.3) is 0 Å². The first-order chi connectivity index (χ1) is 12.1. The van der Waals surface area contributed by atoms with Gasteiger partial charge in [-0.2, -0.15) is 0 Å². The van der Waals surface area contributed by atoms with Crippen LogP contribution in [0, 0.1) is 0 Å². The summed E-state index contributed by atoms with van der Waals surface area (Å²) in [4.78, 5) is 24.0. The largest absolute Gasteiger partial charge is 0.467 e. The molecule has 0 saturated carbocycles. The Morgan fingerprint density at radius 3 is 2.36 bits per heavy atom. The summed E-state index contributed by atoms with van der Waals surface area (Å²) in [6, 6.07) is 15.8. The molecule has 0 saturated heterocycles. The van der Waals surface area contributed by atoms with Crippen LogP contribution in [0.3, 0.4) is 0 Å². The lowest BCUT2D eigenvalue weighted by Crippen LogP contribution is -2.48. The number of carbonyl (C=O) groups is 2. The van der Waals surface area contributed by atoms with Crippen molar-refractivity contribution < 1.29 is 14.3 Å². The predicted octanol–water partition coefficient (Wildman–Crippen LogP) is 2.97. The number of hydrogen-bond donors (Lipinski definition) is 2. The van der Waals surface area contributed by atoms with Crippen LogP contribution in [0.5, 0.6) is 0 Å². The van der Waals surface area contributed by atoms with E-state index in [4.69, 9.17) is 16.3 Å². The number of nitrogens with one attached hydrogen (secondary N) is 2. The number of carbonyl (C=O) groups excluding carboxylic acids is 2. The van der Waals surface area contributed by atoms with Gasteiger partial charge in [-0.15, -0.1) is 0 Å². The first kappa shape index (κ1) is 18.8. The van der Waals surface area contributed by atoms with E-state index >= 15 is 0 Å². The molecule has 2 aromatic carbocycles. The maximum Gasteiger partial charge on any atom is 0.328 e. The quantitative estimate of drug-likeness (QED) is 0.746. The van der Waals surface area contributed by atoms with Gasteiger partial charge in [-0.1, -0.05) is 54.1 Å². The topological polar surface area (TPSA) is 67.4 Å². The number of methoxy groups -OCH3 is 1. The number of amides is 2. The van der Waals surface area contributed by atoms with Gasteiger partial charge in [0.2, 0.25) is 0 Å². The van der Waals surface area contributed by atoms with Crippen molar-refractivity contribution in [3.05, 3.63) is 70.7 Å². The minimum atomic E-state index is -0.733. The Labute approximate surface area is 152 Å². The molecular weight excluding hydrogens is 340 g/mol. The maximum absolute atomic E-state index is 12.1. The molecule has 0 fully saturated rings. The highest BCUT2D eigenvalue weighted by molar-refractivity contribution is 6.30. The van der Waals surface area contributed by atoms with Crippen molar-refractivity contribution in [3.63, 3.8) is 0 Å². The summed E-state index contributed by atoms with van der Waals surface area (Å²) in [7, 11) is 1.31. The van der Waals surface area contributed by atoms with Crippen molar-refractivity contribution >= 4 is 23.6 Å². The fourth-order valence-electron chi connectivity index (χ4n) is 2.37. The first-order valence-electron chi connectivity index (χ1n) is 7.99. The van der Waals surface area contributed by atoms with Crippen molar-refractivity contribution in [3.8, 4) is 0 Å². The molecule has 0 heterocycles. The molecular formula is C19H21ClN2O3. The van der Waals surface area contributed by atoms with Gasteiger partial charge in [0, 0.05) is 18.0 Å². The number of esters is 1. The van der Waals surface area contributed by atoms with E-state index in [9.17, 15) is 9.59 Å². The second kappa shape index (κ2) is 9.69. The molecule has 0 aromatic heterocycles. The fraction of sp³-hybridized carbons (Fsp3) is 0.263. The van der Waals surface area contributed by atoms with Gasteiger partial charge >= 0.3 is 12.0 Å². The lowest BCUT2D eigenvalue weighted by molar-refractivity contribution is -0.142. The normalized spacial score (nSPS) is 11.4. The second-order valence-corrected chi connectivity index (χ2v) is 5.98. The number of ether oxygens (including phenoxy) is 1. The molecule has 0 aliphatic carbocycles. The molecule has 2 amide bonds. The Morgan fingerprint density at radius 2 is 1.72 bits per heavy atom. The highest BCUT2D eigenvalue weighted by atomic mass is 35.5. The molecule has 5 nitrogen and oxygen atoms in total. The summed E-state index contributed by atoms with van der Waals surface area (Å²) < 4.78 is 4.78. The molecule has 0 aliphatic heterocycles. The van der Waals surface area contributed by atoms with Crippen LogP contribution < -0.4 is 10.6 Å². The molecule has 1 unspecified atom stereocenters. The van der Waals surface area contributed by atoms with Crippen LogP contribution in [-0.2, 0) is 22.4 Å². The van der Waals surface area contributed by atoms with Crippen LogP contribution in [0.1, 0.15) is 11.1 Å². The Morgan fingerprint density at radius 1 is 1.04 bits per heavy atom. The molecule has 6 heteroatoms. The third kappa shape index (κ3) is 6.47. The van der Waals surface area contributed by atoms with Crippen molar-refractivity contribution in [2.45, 2.75) is 18.9 Å².